The summed E-state index contributed by atoms with van der Waals surface area (Å²) in [6.07, 6.45) is -0.874. The molecule has 1 heterocycles. The van der Waals surface area contributed by atoms with E-state index in [-0.39, 0.29) is 6.54 Å². The van der Waals surface area contributed by atoms with Crippen LogP contribution in [0.5, 0.6) is 0 Å². The minimum Gasteiger partial charge on any atom is -0.479 e. The number of urea groups is 2. The molecule has 5 amide bonds. The van der Waals surface area contributed by atoms with Crippen LogP contribution >= 0.6 is 0 Å². The number of aliphatic carboxylic acids is 1. The first-order valence-corrected chi connectivity index (χ1v) is 7.13. The van der Waals surface area contributed by atoms with E-state index >= 15 is 0 Å². The van der Waals surface area contributed by atoms with Crippen molar-refractivity contribution >= 4 is 24.1 Å². The quantitative estimate of drug-likeness (QED) is 0.863. The van der Waals surface area contributed by atoms with E-state index < -0.39 is 36.2 Å². The van der Waals surface area contributed by atoms with Gasteiger partial charge in [-0.15, -0.1) is 0 Å². The fourth-order valence-electron chi connectivity index (χ4n) is 2.40. The van der Waals surface area contributed by atoms with Gasteiger partial charge in [0, 0.05) is 0 Å². The molecule has 0 aromatic heterocycles. The van der Waals surface area contributed by atoms with Crippen LogP contribution in [0.1, 0.15) is 18.5 Å². The summed E-state index contributed by atoms with van der Waals surface area (Å²) in [7, 11) is 1.13. The van der Waals surface area contributed by atoms with Crippen molar-refractivity contribution in [1.82, 2.24) is 15.1 Å². The van der Waals surface area contributed by atoms with Gasteiger partial charge in [0.15, 0.2) is 6.04 Å². The van der Waals surface area contributed by atoms with Crippen molar-refractivity contribution < 1.29 is 29.0 Å². The Morgan fingerprint density at radius 2 is 1.92 bits per heavy atom. The zero-order valence-electron chi connectivity index (χ0n) is 13.1. The van der Waals surface area contributed by atoms with E-state index in [4.69, 9.17) is 0 Å². The summed E-state index contributed by atoms with van der Waals surface area (Å²) in [5.41, 5.74) is 0.364. The summed E-state index contributed by atoms with van der Waals surface area (Å²) in [4.78, 5) is 49.1. The molecule has 2 rings (SSSR count). The second kappa shape index (κ2) is 6.99. The Hall–Kier alpha value is -3.10. The van der Waals surface area contributed by atoms with Crippen molar-refractivity contribution in [2.24, 2.45) is 0 Å². The highest BCUT2D eigenvalue weighted by atomic mass is 16.5. The monoisotopic (exact) mass is 335 g/mol. The number of hydrogen-bond donors (Lipinski definition) is 2. The molecule has 2 unspecified atom stereocenters. The summed E-state index contributed by atoms with van der Waals surface area (Å²) in [5.74, 6) is -1.26. The second-order valence-electron chi connectivity index (χ2n) is 5.21. The Morgan fingerprint density at radius 3 is 2.46 bits per heavy atom. The standard InChI is InChI=1S/C15H17N3O6/c1-9-8-17(14(22)18(9)15(23)24-2)13(21)16-11(12(19)20)10-6-4-3-5-7-10/h3-7,9,11H,8H2,1-2H3,(H,16,21)(H,19,20). The van der Waals surface area contributed by atoms with Crippen LogP contribution in [0.3, 0.4) is 0 Å². The number of ether oxygens (including phenoxy) is 1. The Balaban J connectivity index is 2.15. The number of carbonyl (C=O) groups excluding carboxylic acids is 3. The lowest BCUT2D eigenvalue weighted by molar-refractivity contribution is -0.139. The lowest BCUT2D eigenvalue weighted by Gasteiger charge is -2.20. The molecule has 128 valence electrons. The molecule has 2 atom stereocenters. The molecule has 1 aromatic carbocycles. The van der Waals surface area contributed by atoms with Crippen molar-refractivity contribution in [2.45, 2.75) is 19.0 Å². The maximum atomic E-state index is 12.3. The van der Waals surface area contributed by atoms with Crippen molar-refractivity contribution in [3.63, 3.8) is 0 Å². The van der Waals surface area contributed by atoms with Crippen molar-refractivity contribution in [1.29, 1.82) is 0 Å². The molecule has 0 spiro atoms. The third kappa shape index (κ3) is 3.29. The van der Waals surface area contributed by atoms with Crippen molar-refractivity contribution in [3.05, 3.63) is 35.9 Å². The molecule has 0 aliphatic carbocycles. The highest BCUT2D eigenvalue weighted by molar-refractivity contribution is 6.02. The highest BCUT2D eigenvalue weighted by Crippen LogP contribution is 2.19. The first kappa shape index (κ1) is 17.3. The molecule has 1 fully saturated rings. The number of rotatable bonds is 3. The molecule has 0 saturated carbocycles. The molecule has 9 heteroatoms. The van der Waals surface area contributed by atoms with Crippen LogP contribution in [-0.2, 0) is 9.53 Å². The minimum absolute atomic E-state index is 0.0547. The van der Waals surface area contributed by atoms with Gasteiger partial charge in [-0.25, -0.2) is 29.0 Å². The summed E-state index contributed by atoms with van der Waals surface area (Å²) < 4.78 is 4.51. The number of nitrogens with one attached hydrogen (secondary N) is 1. The number of amides is 5. The largest absolute Gasteiger partial charge is 0.479 e. The SMILES string of the molecule is COC(=O)N1C(=O)N(C(=O)NC(C(=O)O)c2ccccc2)CC1C. The lowest BCUT2D eigenvalue weighted by Crippen LogP contribution is -2.46. The van der Waals surface area contributed by atoms with E-state index in [1.165, 1.54) is 0 Å². The van der Waals surface area contributed by atoms with Crippen LogP contribution in [0.4, 0.5) is 14.4 Å². The minimum atomic E-state index is -1.31. The summed E-state index contributed by atoms with van der Waals surface area (Å²) in [5, 5.41) is 11.6. The number of hydrogen-bond acceptors (Lipinski definition) is 5. The fourth-order valence-corrected chi connectivity index (χ4v) is 2.40. The maximum absolute atomic E-state index is 12.3. The van der Waals surface area contributed by atoms with Gasteiger partial charge in [0.2, 0.25) is 0 Å². The van der Waals surface area contributed by atoms with E-state index in [9.17, 15) is 24.3 Å². The van der Waals surface area contributed by atoms with Crippen LogP contribution in [0.2, 0.25) is 0 Å². The first-order valence-electron chi connectivity index (χ1n) is 7.13. The van der Waals surface area contributed by atoms with E-state index in [1.807, 2.05) is 0 Å². The van der Waals surface area contributed by atoms with Crippen LogP contribution in [-0.4, -0.2) is 58.7 Å². The fraction of sp³-hybridized carbons (Fsp3) is 0.333. The van der Waals surface area contributed by atoms with Gasteiger partial charge in [0.05, 0.1) is 19.7 Å². The molecule has 0 radical (unpaired) electrons. The molecule has 2 N–H and O–H groups in total. The molecule has 1 aliphatic rings. The van der Waals surface area contributed by atoms with E-state index in [1.54, 1.807) is 37.3 Å². The van der Waals surface area contributed by atoms with Gasteiger partial charge in [-0.1, -0.05) is 30.3 Å². The first-order chi connectivity index (χ1) is 11.4. The predicted octanol–water partition coefficient (Wildman–Crippen LogP) is 1.41. The Bertz CT molecular complexity index is 662. The van der Waals surface area contributed by atoms with Gasteiger partial charge in [-0.2, -0.15) is 0 Å². The second-order valence-corrected chi connectivity index (χ2v) is 5.21. The molecular formula is C15H17N3O6. The summed E-state index contributed by atoms with van der Waals surface area (Å²) >= 11 is 0. The van der Waals surface area contributed by atoms with Gasteiger partial charge >= 0.3 is 24.1 Å². The predicted molar refractivity (Wildman–Crippen MR) is 81.2 cm³/mol. The average Bonchev–Trinajstić information content (AvgIpc) is 2.87. The average molecular weight is 335 g/mol. The molecule has 1 aromatic rings. The Labute approximate surface area is 137 Å². The lowest BCUT2D eigenvalue weighted by atomic mass is 10.1. The number of carboxylic acids is 1. The molecule has 1 saturated heterocycles. The number of methoxy groups -OCH3 is 1. The number of imide groups is 2. The van der Waals surface area contributed by atoms with Gasteiger partial charge in [0.25, 0.3) is 0 Å². The van der Waals surface area contributed by atoms with Crippen molar-refractivity contribution in [2.75, 3.05) is 13.7 Å². The van der Waals surface area contributed by atoms with Crippen LogP contribution in [0.15, 0.2) is 30.3 Å². The van der Waals surface area contributed by atoms with Crippen LogP contribution < -0.4 is 5.32 Å². The van der Waals surface area contributed by atoms with E-state index in [0.717, 1.165) is 16.9 Å². The summed E-state index contributed by atoms with van der Waals surface area (Å²) in [6.45, 7) is 1.52. The number of carbonyl (C=O) groups is 4. The Morgan fingerprint density at radius 1 is 1.29 bits per heavy atom. The molecule has 24 heavy (non-hydrogen) atoms. The number of carboxylic acid groups (broad SMARTS) is 1. The molecule has 0 bridgehead atoms. The third-order valence-corrected chi connectivity index (χ3v) is 3.59. The summed E-state index contributed by atoms with van der Waals surface area (Å²) in [6, 6.07) is 4.45. The topological polar surface area (TPSA) is 116 Å². The van der Waals surface area contributed by atoms with Gasteiger partial charge in [-0.05, 0) is 12.5 Å². The zero-order valence-corrected chi connectivity index (χ0v) is 13.1. The third-order valence-electron chi connectivity index (χ3n) is 3.59. The molecular weight excluding hydrogens is 318 g/mol. The van der Waals surface area contributed by atoms with Crippen LogP contribution in [0.25, 0.3) is 0 Å². The normalized spacial score (nSPS) is 18.2. The molecule has 9 nitrogen and oxygen atoms in total. The molecule has 1 aliphatic heterocycles. The van der Waals surface area contributed by atoms with Gasteiger partial charge in [0.1, 0.15) is 0 Å². The Kier molecular flexibility index (Phi) is 5.02. The van der Waals surface area contributed by atoms with Crippen molar-refractivity contribution in [3.8, 4) is 0 Å². The van der Waals surface area contributed by atoms with E-state index in [2.05, 4.69) is 10.1 Å². The van der Waals surface area contributed by atoms with Gasteiger partial charge in [-0.3, -0.25) is 0 Å². The number of nitrogens with zero attached hydrogens (tertiary/aromatic N) is 2. The highest BCUT2D eigenvalue weighted by Gasteiger charge is 2.43. The number of benzene rings is 1. The van der Waals surface area contributed by atoms with E-state index in [0.29, 0.717) is 5.56 Å². The zero-order chi connectivity index (χ0) is 17.9. The van der Waals surface area contributed by atoms with Gasteiger partial charge < -0.3 is 15.2 Å². The smallest absolute Gasteiger partial charge is 0.418 e. The maximum Gasteiger partial charge on any atom is 0.418 e. The van der Waals surface area contributed by atoms with Crippen LogP contribution in [0, 0.1) is 0 Å².